The summed E-state index contributed by atoms with van der Waals surface area (Å²) in [5.74, 6) is 0.374. The van der Waals surface area contributed by atoms with Crippen LogP contribution in [-0.2, 0) is 9.59 Å². The average Bonchev–Trinajstić information content (AvgIpc) is 3.12. The van der Waals surface area contributed by atoms with Crippen molar-refractivity contribution >= 4 is 27.6 Å². The first-order valence-corrected chi connectivity index (χ1v) is 13.0. The lowest BCUT2D eigenvalue weighted by molar-refractivity contribution is -0.149. The highest BCUT2D eigenvalue weighted by atomic mass is 79.9. The van der Waals surface area contributed by atoms with Gasteiger partial charge < -0.3 is 4.90 Å². The summed E-state index contributed by atoms with van der Waals surface area (Å²) in [5, 5.41) is 0. The maximum atomic E-state index is 14.0. The Bertz CT molecular complexity index is 1010. The van der Waals surface area contributed by atoms with Crippen molar-refractivity contribution in [1.29, 1.82) is 0 Å². The third kappa shape index (κ3) is 3.11. The molecular formula is C28H33BrN2O2. The van der Waals surface area contributed by atoms with Gasteiger partial charge in [0.1, 0.15) is 0 Å². The van der Waals surface area contributed by atoms with Crippen molar-refractivity contribution in [3.05, 3.63) is 71.8 Å². The SMILES string of the molecule is CC12CCC(C(=O)N3CCN(C(c4ccccc4)c4ccccc4)CC3)(C(Br)C1=O)C2(C)C. The molecular weight excluding hydrogens is 476 g/mol. The zero-order valence-corrected chi connectivity index (χ0v) is 21.3. The molecule has 33 heavy (non-hydrogen) atoms. The summed E-state index contributed by atoms with van der Waals surface area (Å²) in [7, 11) is 0. The predicted octanol–water partition coefficient (Wildman–Crippen LogP) is 5.08. The van der Waals surface area contributed by atoms with Gasteiger partial charge in [-0.05, 0) is 29.4 Å². The molecule has 1 amide bonds. The monoisotopic (exact) mass is 508 g/mol. The van der Waals surface area contributed by atoms with Crippen LogP contribution in [0.15, 0.2) is 60.7 Å². The van der Waals surface area contributed by atoms with Crippen molar-refractivity contribution in [3.63, 3.8) is 0 Å². The van der Waals surface area contributed by atoms with Gasteiger partial charge in [0.15, 0.2) is 5.78 Å². The highest BCUT2D eigenvalue weighted by molar-refractivity contribution is 9.10. The second-order valence-corrected chi connectivity index (χ2v) is 11.6. The molecule has 3 fully saturated rings. The Labute approximate surface area is 205 Å². The number of halogens is 1. The molecule has 5 rings (SSSR count). The van der Waals surface area contributed by atoms with Gasteiger partial charge in [0.25, 0.3) is 0 Å². The average molecular weight is 509 g/mol. The summed E-state index contributed by atoms with van der Waals surface area (Å²) in [6.07, 6.45) is 1.59. The lowest BCUT2D eigenvalue weighted by Crippen LogP contribution is -2.57. The molecule has 1 saturated heterocycles. The van der Waals surface area contributed by atoms with Crippen molar-refractivity contribution in [3.8, 4) is 0 Å². The number of amides is 1. The van der Waals surface area contributed by atoms with Crippen molar-refractivity contribution in [2.75, 3.05) is 26.2 Å². The number of Topliss-reactive ketones (excluding diaryl/α,β-unsaturated/α-hetero) is 1. The minimum absolute atomic E-state index is 0.166. The number of ketones is 1. The lowest BCUT2D eigenvalue weighted by Gasteiger charge is -2.46. The largest absolute Gasteiger partial charge is 0.340 e. The predicted molar refractivity (Wildman–Crippen MR) is 134 cm³/mol. The molecule has 2 bridgehead atoms. The van der Waals surface area contributed by atoms with Gasteiger partial charge in [-0.3, -0.25) is 14.5 Å². The Morgan fingerprint density at radius 2 is 1.39 bits per heavy atom. The van der Waals surface area contributed by atoms with Crippen LogP contribution in [-0.4, -0.2) is 52.5 Å². The maximum absolute atomic E-state index is 14.0. The van der Waals surface area contributed by atoms with E-state index in [0.29, 0.717) is 13.1 Å². The van der Waals surface area contributed by atoms with Crippen LogP contribution < -0.4 is 0 Å². The van der Waals surface area contributed by atoms with E-state index in [1.165, 1.54) is 11.1 Å². The molecule has 2 aliphatic carbocycles. The summed E-state index contributed by atoms with van der Waals surface area (Å²) in [5.41, 5.74) is 1.13. The lowest BCUT2D eigenvalue weighted by atomic mass is 9.64. The molecule has 3 unspecified atom stereocenters. The van der Waals surface area contributed by atoms with Gasteiger partial charge in [-0.15, -0.1) is 0 Å². The van der Waals surface area contributed by atoms with Gasteiger partial charge in [-0.2, -0.15) is 0 Å². The standard InChI is InChI=1S/C28H33BrN2O2/c1-26(2)27(3)14-15-28(26,23(29)24(27)32)25(33)31-18-16-30(17-19-31)22(20-10-6-4-7-11-20)21-12-8-5-9-13-21/h4-13,22-23H,14-19H2,1-3H3. The number of nitrogens with zero attached hydrogens (tertiary/aromatic N) is 2. The van der Waals surface area contributed by atoms with E-state index in [1.807, 2.05) is 4.90 Å². The Morgan fingerprint density at radius 3 is 1.85 bits per heavy atom. The van der Waals surface area contributed by atoms with E-state index in [9.17, 15) is 9.59 Å². The number of fused-ring (bicyclic) bond motifs is 2. The van der Waals surface area contributed by atoms with E-state index in [2.05, 4.69) is 102 Å². The Kier molecular flexibility index (Phi) is 5.56. The molecule has 1 heterocycles. The number of piperazine rings is 1. The van der Waals surface area contributed by atoms with E-state index in [4.69, 9.17) is 0 Å². The van der Waals surface area contributed by atoms with Crippen LogP contribution >= 0.6 is 15.9 Å². The number of carbonyl (C=O) groups excluding carboxylic acids is 2. The van der Waals surface area contributed by atoms with Crippen molar-refractivity contribution in [2.24, 2.45) is 16.2 Å². The molecule has 1 aliphatic heterocycles. The minimum atomic E-state index is -0.640. The van der Waals surface area contributed by atoms with Crippen LogP contribution in [0.25, 0.3) is 0 Å². The fraction of sp³-hybridized carbons (Fsp3) is 0.500. The number of benzene rings is 2. The molecule has 0 aromatic heterocycles. The van der Waals surface area contributed by atoms with Crippen LogP contribution in [0.2, 0.25) is 0 Å². The molecule has 5 heteroatoms. The second kappa shape index (κ2) is 8.06. The Morgan fingerprint density at radius 1 is 0.879 bits per heavy atom. The van der Waals surface area contributed by atoms with Gasteiger partial charge in [-0.25, -0.2) is 0 Å². The summed E-state index contributed by atoms with van der Waals surface area (Å²) in [6, 6.07) is 21.4. The number of rotatable bonds is 4. The molecule has 0 N–H and O–H groups in total. The summed E-state index contributed by atoms with van der Waals surface area (Å²) in [4.78, 5) is 31.3. The van der Waals surface area contributed by atoms with Crippen LogP contribution in [0.3, 0.4) is 0 Å². The third-order valence-corrected chi connectivity index (χ3v) is 10.5. The zero-order valence-electron chi connectivity index (χ0n) is 19.8. The van der Waals surface area contributed by atoms with Gasteiger partial charge >= 0.3 is 0 Å². The van der Waals surface area contributed by atoms with Crippen molar-refractivity contribution in [1.82, 2.24) is 9.80 Å². The molecule has 3 atom stereocenters. The van der Waals surface area contributed by atoms with Gasteiger partial charge in [0, 0.05) is 31.6 Å². The van der Waals surface area contributed by atoms with E-state index in [1.54, 1.807) is 0 Å². The molecule has 0 spiro atoms. The smallest absolute Gasteiger partial charge is 0.231 e. The third-order valence-electron chi connectivity index (χ3n) is 9.30. The van der Waals surface area contributed by atoms with Crippen LogP contribution in [0.5, 0.6) is 0 Å². The zero-order chi connectivity index (χ0) is 23.4. The van der Waals surface area contributed by atoms with Crippen LogP contribution in [0, 0.1) is 16.2 Å². The van der Waals surface area contributed by atoms with E-state index in [-0.39, 0.29) is 28.0 Å². The summed E-state index contributed by atoms with van der Waals surface area (Å²) >= 11 is 3.68. The minimum Gasteiger partial charge on any atom is -0.340 e. The second-order valence-electron chi connectivity index (χ2n) is 10.7. The first-order chi connectivity index (χ1) is 15.7. The van der Waals surface area contributed by atoms with E-state index < -0.39 is 10.8 Å². The fourth-order valence-electron chi connectivity index (χ4n) is 6.78. The van der Waals surface area contributed by atoms with Crippen molar-refractivity contribution < 1.29 is 9.59 Å². The highest BCUT2D eigenvalue weighted by Crippen LogP contribution is 2.72. The molecule has 2 aromatic rings. The van der Waals surface area contributed by atoms with E-state index in [0.717, 1.165) is 25.9 Å². The topological polar surface area (TPSA) is 40.6 Å². The first kappa shape index (κ1) is 22.8. The highest BCUT2D eigenvalue weighted by Gasteiger charge is 2.77. The summed E-state index contributed by atoms with van der Waals surface area (Å²) in [6.45, 7) is 9.34. The van der Waals surface area contributed by atoms with E-state index >= 15 is 0 Å². The molecule has 3 aliphatic rings. The normalized spacial score (nSPS) is 31.4. The van der Waals surface area contributed by atoms with Crippen LogP contribution in [0.1, 0.15) is 50.8 Å². The summed E-state index contributed by atoms with van der Waals surface area (Å²) < 4.78 is 0. The number of hydrogen-bond acceptors (Lipinski definition) is 3. The molecule has 2 saturated carbocycles. The van der Waals surface area contributed by atoms with Gasteiger partial charge in [0.05, 0.1) is 16.3 Å². The molecule has 174 valence electrons. The quantitative estimate of drug-likeness (QED) is 0.540. The fourth-order valence-corrected chi connectivity index (χ4v) is 8.28. The first-order valence-electron chi connectivity index (χ1n) is 12.1. The molecule has 2 aromatic carbocycles. The van der Waals surface area contributed by atoms with Gasteiger partial charge in [-0.1, -0.05) is 97.4 Å². The molecule has 0 radical (unpaired) electrons. The Balaban J connectivity index is 1.38. The Hall–Kier alpha value is -1.98. The maximum Gasteiger partial charge on any atom is 0.231 e. The number of hydrogen-bond donors (Lipinski definition) is 0. The van der Waals surface area contributed by atoms with Gasteiger partial charge in [0.2, 0.25) is 5.91 Å². The van der Waals surface area contributed by atoms with Crippen LogP contribution in [0.4, 0.5) is 0 Å². The van der Waals surface area contributed by atoms with Crippen molar-refractivity contribution in [2.45, 2.75) is 44.5 Å². The number of carbonyl (C=O) groups is 2. The molecule has 4 nitrogen and oxygen atoms in total. The number of alkyl halides is 1.